The van der Waals surface area contributed by atoms with E-state index in [-0.39, 0.29) is 6.61 Å². The third-order valence-electron chi connectivity index (χ3n) is 4.59. The number of carbonyl (C=O) groups is 3. The maximum Gasteiger partial charge on any atom is 0.329 e. The molecule has 0 spiro atoms. The van der Waals surface area contributed by atoms with Gasteiger partial charge in [0, 0.05) is 5.69 Å². The number of para-hydroxylation sites is 1. The normalized spacial score (nSPS) is 10.5. The highest BCUT2D eigenvalue weighted by Gasteiger charge is 2.13. The fourth-order valence-corrected chi connectivity index (χ4v) is 3.00. The van der Waals surface area contributed by atoms with Crippen LogP contribution in [-0.4, -0.2) is 37.7 Å². The van der Waals surface area contributed by atoms with Crippen LogP contribution in [0.2, 0.25) is 5.02 Å². The molecule has 0 saturated heterocycles. The van der Waals surface area contributed by atoms with Gasteiger partial charge in [0.1, 0.15) is 0 Å². The molecule has 10 heteroatoms. The van der Waals surface area contributed by atoms with E-state index in [0.29, 0.717) is 33.5 Å². The molecule has 0 aliphatic carbocycles. The molecule has 0 heterocycles. The maximum absolute atomic E-state index is 12.2. The molecule has 3 aromatic rings. The molecule has 35 heavy (non-hydrogen) atoms. The summed E-state index contributed by atoms with van der Waals surface area (Å²) in [5.41, 5.74) is 4.74. The third kappa shape index (κ3) is 7.58. The van der Waals surface area contributed by atoms with Gasteiger partial charge in [0.25, 0.3) is 5.91 Å². The second kappa shape index (κ2) is 12.2. The predicted molar refractivity (Wildman–Crippen MR) is 134 cm³/mol. The van der Waals surface area contributed by atoms with E-state index in [0.717, 1.165) is 5.56 Å². The number of halogens is 1. The number of rotatable bonds is 8. The smallest absolute Gasteiger partial charge is 0.329 e. The minimum absolute atomic E-state index is 0.263. The lowest BCUT2D eigenvalue weighted by atomic mass is 10.2. The Bertz CT molecular complexity index is 1240. The molecule has 3 amide bonds. The van der Waals surface area contributed by atoms with Gasteiger partial charge >= 0.3 is 11.8 Å². The van der Waals surface area contributed by atoms with Gasteiger partial charge in [-0.3, -0.25) is 14.4 Å². The van der Waals surface area contributed by atoms with Crippen molar-refractivity contribution in [1.29, 1.82) is 0 Å². The van der Waals surface area contributed by atoms with Crippen LogP contribution >= 0.6 is 11.6 Å². The van der Waals surface area contributed by atoms with Crippen LogP contribution in [0.25, 0.3) is 0 Å². The quantitative estimate of drug-likeness (QED) is 0.250. The summed E-state index contributed by atoms with van der Waals surface area (Å²) in [6.07, 6.45) is 1.34. The Morgan fingerprint density at radius 1 is 0.943 bits per heavy atom. The number of anilines is 2. The lowest BCUT2D eigenvalue weighted by Gasteiger charge is -2.12. The zero-order valence-electron chi connectivity index (χ0n) is 19.0. The first-order valence-corrected chi connectivity index (χ1v) is 10.8. The number of hydrogen-bond donors (Lipinski definition) is 3. The monoisotopic (exact) mass is 494 g/mol. The number of aryl methyl sites for hydroxylation is 1. The summed E-state index contributed by atoms with van der Waals surface area (Å²) in [6.45, 7) is 1.65. The average molecular weight is 495 g/mol. The molecule has 3 rings (SSSR count). The number of amides is 3. The van der Waals surface area contributed by atoms with E-state index in [1.807, 2.05) is 19.1 Å². The number of ether oxygens (including phenoxy) is 2. The van der Waals surface area contributed by atoms with Gasteiger partial charge in [0.05, 0.1) is 24.0 Å². The second-order valence-electron chi connectivity index (χ2n) is 7.25. The Balaban J connectivity index is 1.52. The minimum atomic E-state index is -0.918. The molecule has 3 N–H and O–H groups in total. The second-order valence-corrected chi connectivity index (χ2v) is 7.65. The largest absolute Gasteiger partial charge is 0.493 e. The Morgan fingerprint density at radius 3 is 2.40 bits per heavy atom. The van der Waals surface area contributed by atoms with Gasteiger partial charge in [0.15, 0.2) is 18.1 Å². The first-order chi connectivity index (χ1) is 16.9. The van der Waals surface area contributed by atoms with E-state index < -0.39 is 17.7 Å². The molecule has 0 aliphatic rings. The number of nitrogens with one attached hydrogen (secondary N) is 3. The maximum atomic E-state index is 12.2. The third-order valence-corrected chi connectivity index (χ3v) is 4.92. The predicted octanol–water partition coefficient (Wildman–Crippen LogP) is 3.76. The lowest BCUT2D eigenvalue weighted by molar-refractivity contribution is -0.136. The highest BCUT2D eigenvalue weighted by molar-refractivity contribution is 6.39. The molecule has 0 saturated carbocycles. The molecular formula is C25H23ClN4O5. The number of methoxy groups -OCH3 is 1. The summed E-state index contributed by atoms with van der Waals surface area (Å²) < 4.78 is 10.9. The number of carbonyl (C=O) groups excluding carboxylic acids is 3. The highest BCUT2D eigenvalue weighted by Crippen LogP contribution is 2.28. The van der Waals surface area contributed by atoms with Gasteiger partial charge in [-0.2, -0.15) is 5.10 Å². The van der Waals surface area contributed by atoms with Crippen molar-refractivity contribution in [2.24, 2.45) is 5.10 Å². The molecule has 9 nitrogen and oxygen atoms in total. The van der Waals surface area contributed by atoms with E-state index in [2.05, 4.69) is 21.2 Å². The molecule has 0 aromatic heterocycles. The van der Waals surface area contributed by atoms with Crippen molar-refractivity contribution in [3.8, 4) is 11.5 Å². The van der Waals surface area contributed by atoms with Crippen molar-refractivity contribution < 1.29 is 23.9 Å². The zero-order valence-corrected chi connectivity index (χ0v) is 19.8. The summed E-state index contributed by atoms with van der Waals surface area (Å²) in [6, 6.07) is 18.7. The minimum Gasteiger partial charge on any atom is -0.493 e. The average Bonchev–Trinajstić information content (AvgIpc) is 2.85. The summed E-state index contributed by atoms with van der Waals surface area (Å²) >= 11 is 6.03. The van der Waals surface area contributed by atoms with Crippen molar-refractivity contribution in [1.82, 2.24) is 5.43 Å². The summed E-state index contributed by atoms with van der Waals surface area (Å²) in [4.78, 5) is 36.1. The van der Waals surface area contributed by atoms with E-state index in [1.54, 1.807) is 54.6 Å². The molecule has 0 radical (unpaired) electrons. The SMILES string of the molecule is COc1cc(/C=N\NC(=O)C(=O)Nc2ccc(C)cc2)ccc1OCC(=O)Nc1ccccc1Cl. The van der Waals surface area contributed by atoms with Crippen LogP contribution in [-0.2, 0) is 14.4 Å². The standard InChI is InChI=1S/C25H23ClN4O5/c1-16-7-10-18(11-8-16)28-24(32)25(33)30-27-14-17-9-12-21(22(13-17)34-2)35-15-23(31)29-20-6-4-3-5-19(20)26/h3-14H,15H2,1-2H3,(H,28,32)(H,29,31)(H,30,33)/b27-14-. The first-order valence-electron chi connectivity index (χ1n) is 10.4. The topological polar surface area (TPSA) is 118 Å². The van der Waals surface area contributed by atoms with Gasteiger partial charge in [-0.15, -0.1) is 0 Å². The van der Waals surface area contributed by atoms with Gasteiger partial charge in [-0.25, -0.2) is 5.43 Å². The summed E-state index contributed by atoms with van der Waals surface area (Å²) in [5, 5.41) is 9.36. The zero-order chi connectivity index (χ0) is 25.2. The number of nitrogens with zero attached hydrogens (tertiary/aromatic N) is 1. The number of benzene rings is 3. The molecule has 0 fully saturated rings. The van der Waals surface area contributed by atoms with Crippen LogP contribution < -0.4 is 25.5 Å². The van der Waals surface area contributed by atoms with Crippen molar-refractivity contribution in [3.05, 3.63) is 82.9 Å². The summed E-state index contributed by atoms with van der Waals surface area (Å²) in [7, 11) is 1.45. The van der Waals surface area contributed by atoms with E-state index in [9.17, 15) is 14.4 Å². The Morgan fingerprint density at radius 2 is 1.69 bits per heavy atom. The van der Waals surface area contributed by atoms with Gasteiger partial charge in [-0.1, -0.05) is 41.4 Å². The van der Waals surface area contributed by atoms with Crippen molar-refractivity contribution in [3.63, 3.8) is 0 Å². The van der Waals surface area contributed by atoms with Crippen LogP contribution in [0.5, 0.6) is 11.5 Å². The van der Waals surface area contributed by atoms with Crippen molar-refractivity contribution in [2.75, 3.05) is 24.4 Å². The van der Waals surface area contributed by atoms with Gasteiger partial charge in [-0.05, 0) is 55.0 Å². The Labute approximate surface area is 207 Å². The van der Waals surface area contributed by atoms with E-state index in [4.69, 9.17) is 21.1 Å². The molecule has 180 valence electrons. The van der Waals surface area contributed by atoms with Gasteiger partial charge in [0.2, 0.25) is 0 Å². The van der Waals surface area contributed by atoms with Crippen LogP contribution in [0.15, 0.2) is 71.8 Å². The van der Waals surface area contributed by atoms with E-state index in [1.165, 1.54) is 13.3 Å². The molecule has 0 bridgehead atoms. The molecule has 0 atom stereocenters. The number of hydrazone groups is 1. The molecular weight excluding hydrogens is 472 g/mol. The molecule has 3 aromatic carbocycles. The van der Waals surface area contributed by atoms with Gasteiger partial charge < -0.3 is 20.1 Å². The Kier molecular flexibility index (Phi) is 8.80. The van der Waals surface area contributed by atoms with E-state index >= 15 is 0 Å². The first kappa shape index (κ1) is 25.3. The molecule has 0 aliphatic heterocycles. The van der Waals surface area contributed by atoms with Crippen LogP contribution in [0.1, 0.15) is 11.1 Å². The van der Waals surface area contributed by atoms with Crippen LogP contribution in [0, 0.1) is 6.92 Å². The highest BCUT2D eigenvalue weighted by atomic mass is 35.5. The van der Waals surface area contributed by atoms with Crippen LogP contribution in [0.3, 0.4) is 0 Å². The fourth-order valence-electron chi connectivity index (χ4n) is 2.82. The van der Waals surface area contributed by atoms with Crippen molar-refractivity contribution >= 4 is 46.9 Å². The lowest BCUT2D eigenvalue weighted by Crippen LogP contribution is -2.32. The molecule has 0 unspecified atom stereocenters. The fraction of sp³-hybridized carbons (Fsp3) is 0.120. The number of hydrogen-bond acceptors (Lipinski definition) is 6. The Hall–Kier alpha value is -4.37. The summed E-state index contributed by atoms with van der Waals surface area (Å²) in [5.74, 6) is -1.47. The van der Waals surface area contributed by atoms with Crippen molar-refractivity contribution in [2.45, 2.75) is 6.92 Å². The van der Waals surface area contributed by atoms with Crippen LogP contribution in [0.4, 0.5) is 11.4 Å².